The largest absolute Gasteiger partial charge is 0.544 e. The predicted molar refractivity (Wildman–Crippen MR) is 226 cm³/mol. The normalized spacial score (nSPS) is 13.7. The van der Waals surface area contributed by atoms with Gasteiger partial charge in [0, 0.05) is 19.3 Å². The van der Waals surface area contributed by atoms with Gasteiger partial charge in [0.2, 0.25) is 0 Å². The molecule has 0 aromatic carbocycles. The zero-order valence-corrected chi connectivity index (χ0v) is 35.6. The van der Waals surface area contributed by atoms with Gasteiger partial charge in [-0.25, -0.2) is 0 Å². The molecule has 2 atom stereocenters. The van der Waals surface area contributed by atoms with Gasteiger partial charge in [0.05, 0.1) is 40.3 Å². The minimum atomic E-state index is -1.13. The summed E-state index contributed by atoms with van der Waals surface area (Å²) < 4.78 is 17.1. The lowest BCUT2D eigenvalue weighted by Crippen LogP contribution is -2.55. The zero-order valence-electron chi connectivity index (χ0n) is 35.6. The third-order valence-electron chi connectivity index (χ3n) is 9.10. The van der Waals surface area contributed by atoms with Gasteiger partial charge in [-0.15, -0.1) is 0 Å². The fraction of sp³-hybridized carbons (Fsp3) is 0.681. The summed E-state index contributed by atoms with van der Waals surface area (Å²) in [5.41, 5.74) is 0. The lowest BCUT2D eigenvalue weighted by atomic mass is 10.1. The maximum atomic E-state index is 12.6. The summed E-state index contributed by atoms with van der Waals surface area (Å²) >= 11 is 0. The number of carbonyl (C=O) groups is 3. The second kappa shape index (κ2) is 37.7. The minimum absolute atomic E-state index is 0.0226. The summed E-state index contributed by atoms with van der Waals surface area (Å²) in [6.07, 6.45) is 46.4. The van der Waals surface area contributed by atoms with Crippen LogP contribution in [0.5, 0.6) is 0 Å². The van der Waals surface area contributed by atoms with Crippen LogP contribution >= 0.6 is 0 Å². The van der Waals surface area contributed by atoms with E-state index in [1.54, 1.807) is 21.1 Å². The minimum Gasteiger partial charge on any atom is -0.544 e. The summed E-state index contributed by atoms with van der Waals surface area (Å²) in [4.78, 5) is 36.8. The third-order valence-corrected chi connectivity index (χ3v) is 9.10. The lowest BCUT2D eigenvalue weighted by Gasteiger charge is -2.34. The van der Waals surface area contributed by atoms with Crippen molar-refractivity contribution in [3.63, 3.8) is 0 Å². The number of quaternary nitrogens is 1. The van der Waals surface area contributed by atoms with E-state index < -0.39 is 18.1 Å². The third kappa shape index (κ3) is 36.2. The van der Waals surface area contributed by atoms with Crippen molar-refractivity contribution >= 4 is 17.9 Å². The predicted octanol–water partition coefficient (Wildman–Crippen LogP) is 10.2. The van der Waals surface area contributed by atoms with Crippen molar-refractivity contribution in [3.8, 4) is 0 Å². The average molecular weight is 770 g/mol. The highest BCUT2D eigenvalue weighted by Crippen LogP contribution is 2.13. The zero-order chi connectivity index (χ0) is 40.7. The van der Waals surface area contributed by atoms with Gasteiger partial charge >= 0.3 is 11.9 Å². The Morgan fingerprint density at radius 2 is 1.07 bits per heavy atom. The van der Waals surface area contributed by atoms with Crippen LogP contribution in [-0.2, 0) is 28.6 Å². The molecule has 0 aromatic rings. The maximum Gasteiger partial charge on any atom is 0.306 e. The van der Waals surface area contributed by atoms with E-state index in [2.05, 4.69) is 86.8 Å². The number of nitrogens with zero attached hydrogens (tertiary/aromatic N) is 1. The van der Waals surface area contributed by atoms with Crippen LogP contribution in [0.1, 0.15) is 155 Å². The Labute approximate surface area is 336 Å². The van der Waals surface area contributed by atoms with Gasteiger partial charge in [-0.1, -0.05) is 138 Å². The topological polar surface area (TPSA) is 102 Å². The number of rotatable bonds is 37. The van der Waals surface area contributed by atoms with Crippen LogP contribution in [-0.4, -0.2) is 75.5 Å². The maximum absolute atomic E-state index is 12.6. The molecule has 0 aliphatic heterocycles. The molecule has 55 heavy (non-hydrogen) atoms. The van der Waals surface area contributed by atoms with Gasteiger partial charge in [-0.05, 0) is 70.6 Å². The van der Waals surface area contributed by atoms with Crippen molar-refractivity contribution < 1.29 is 38.2 Å². The number of likely N-dealkylation sites (N-methyl/N-ethyl adjacent to an activating group) is 1. The molecule has 0 fully saturated rings. The number of ether oxygens (including phenoxy) is 3. The first-order chi connectivity index (χ1) is 26.6. The van der Waals surface area contributed by atoms with E-state index in [9.17, 15) is 19.5 Å². The number of hydrogen-bond acceptors (Lipinski definition) is 7. The molecule has 0 aromatic heterocycles. The molecule has 0 rings (SSSR count). The summed E-state index contributed by atoms with van der Waals surface area (Å²) in [5.74, 6) is -1.80. The molecule has 8 heteroatoms. The van der Waals surface area contributed by atoms with Crippen molar-refractivity contribution in [2.75, 3.05) is 41.0 Å². The number of aliphatic carboxylic acids is 1. The number of unbranched alkanes of at least 4 members (excludes halogenated alkanes) is 12. The molecule has 0 heterocycles. The van der Waals surface area contributed by atoms with Crippen LogP contribution < -0.4 is 5.11 Å². The van der Waals surface area contributed by atoms with Gasteiger partial charge in [0.15, 0.2) is 6.10 Å². The van der Waals surface area contributed by atoms with Crippen molar-refractivity contribution in [2.45, 2.75) is 167 Å². The van der Waals surface area contributed by atoms with Crippen LogP contribution in [0.3, 0.4) is 0 Å². The van der Waals surface area contributed by atoms with Crippen molar-refractivity contribution in [3.05, 3.63) is 72.9 Å². The van der Waals surface area contributed by atoms with Gasteiger partial charge in [0.25, 0.3) is 0 Å². The first kappa shape index (κ1) is 51.8. The number of esters is 2. The summed E-state index contributed by atoms with van der Waals surface area (Å²) in [6, 6.07) is -0.734. The highest BCUT2D eigenvalue weighted by Gasteiger charge is 2.25. The fourth-order valence-corrected chi connectivity index (χ4v) is 5.74. The molecule has 2 unspecified atom stereocenters. The smallest absolute Gasteiger partial charge is 0.306 e. The van der Waals surface area contributed by atoms with E-state index in [0.29, 0.717) is 12.8 Å². The highest BCUT2D eigenvalue weighted by atomic mass is 16.6. The molecule has 0 spiro atoms. The molecule has 0 bridgehead atoms. The lowest BCUT2D eigenvalue weighted by molar-refractivity contribution is -0.889. The van der Waals surface area contributed by atoms with Crippen molar-refractivity contribution in [2.24, 2.45) is 0 Å². The Morgan fingerprint density at radius 3 is 1.64 bits per heavy atom. The molecule has 0 radical (unpaired) electrons. The summed E-state index contributed by atoms with van der Waals surface area (Å²) in [5, 5.41) is 11.6. The number of hydrogen-bond donors (Lipinski definition) is 0. The molecule has 0 saturated heterocycles. The van der Waals surface area contributed by atoms with E-state index >= 15 is 0 Å². The number of carboxylic acid groups (broad SMARTS) is 1. The summed E-state index contributed by atoms with van der Waals surface area (Å²) in [6.45, 7) is 4.43. The Kier molecular flexibility index (Phi) is 35.5. The number of carbonyl (C=O) groups excluding carboxylic acids is 3. The van der Waals surface area contributed by atoms with Gasteiger partial charge < -0.3 is 28.6 Å². The molecule has 0 aliphatic rings. The second-order valence-corrected chi connectivity index (χ2v) is 15.2. The van der Waals surface area contributed by atoms with Crippen LogP contribution in [0.4, 0.5) is 0 Å². The number of carboxylic acids is 1. The second-order valence-electron chi connectivity index (χ2n) is 15.2. The Morgan fingerprint density at radius 1 is 0.582 bits per heavy atom. The molecule has 314 valence electrons. The molecule has 0 amide bonds. The van der Waals surface area contributed by atoms with Crippen LogP contribution in [0, 0.1) is 0 Å². The first-order valence-electron chi connectivity index (χ1n) is 21.5. The van der Waals surface area contributed by atoms with Crippen LogP contribution in [0.15, 0.2) is 72.9 Å². The standard InChI is InChI=1S/C47H79NO7/c1-6-8-10-12-14-16-18-19-20-21-22-23-24-25-26-28-29-31-33-35-37-45(49)54-42-43(41-53-40-39-44(47(51)52)48(3,4)5)55-46(50)38-36-34-32-30-27-17-15-13-11-9-7-2/h8,10,13-17,19-20,22-23,27,43-44H,6-7,9,11-12,18,21,24-26,28-42H2,1-5H3/b10-8+,15-13+,16-14+,20-19+,23-22+,27-17+. The SMILES string of the molecule is CC/C=C/C/C=C/C/C=C/C/C=C/CCCCCCCCCC(=O)OCC(COCCC(C(=O)[O-])[N+](C)(C)C)OC(=O)CCCCC/C=C/C=C/CCCC. The van der Waals surface area contributed by atoms with E-state index in [1.807, 2.05) is 0 Å². The van der Waals surface area contributed by atoms with Crippen molar-refractivity contribution in [1.29, 1.82) is 0 Å². The number of allylic oxidation sites excluding steroid dienone is 12. The molecule has 0 N–H and O–H groups in total. The van der Waals surface area contributed by atoms with Gasteiger partial charge in [-0.2, -0.15) is 0 Å². The molecule has 8 nitrogen and oxygen atoms in total. The monoisotopic (exact) mass is 770 g/mol. The van der Waals surface area contributed by atoms with E-state index in [4.69, 9.17) is 14.2 Å². The highest BCUT2D eigenvalue weighted by molar-refractivity contribution is 5.70. The Balaban J connectivity index is 4.35. The quantitative estimate of drug-likeness (QED) is 0.0204. The molecular formula is C47H79NO7. The van der Waals surface area contributed by atoms with E-state index in [-0.39, 0.29) is 49.1 Å². The van der Waals surface area contributed by atoms with E-state index in [0.717, 1.165) is 77.0 Å². The Hall–Kier alpha value is -3.23. The summed E-state index contributed by atoms with van der Waals surface area (Å²) in [7, 11) is 5.38. The van der Waals surface area contributed by atoms with Crippen molar-refractivity contribution in [1.82, 2.24) is 0 Å². The Bertz CT molecular complexity index is 1130. The average Bonchev–Trinajstić information content (AvgIpc) is 3.14. The van der Waals surface area contributed by atoms with Gasteiger partial charge in [-0.3, -0.25) is 9.59 Å². The fourth-order valence-electron chi connectivity index (χ4n) is 5.74. The molecular weight excluding hydrogens is 691 g/mol. The van der Waals surface area contributed by atoms with Crippen LogP contribution in [0.2, 0.25) is 0 Å². The van der Waals surface area contributed by atoms with Crippen LogP contribution in [0.25, 0.3) is 0 Å². The molecule has 0 saturated carbocycles. The van der Waals surface area contributed by atoms with E-state index in [1.165, 1.54) is 38.5 Å². The van der Waals surface area contributed by atoms with Gasteiger partial charge in [0.1, 0.15) is 12.6 Å². The first-order valence-corrected chi connectivity index (χ1v) is 21.5. The molecule has 0 aliphatic carbocycles.